The molecule has 0 bridgehead atoms. The van der Waals surface area contributed by atoms with Gasteiger partial charge >= 0.3 is 12.0 Å². The number of aryl methyl sites for hydroxylation is 2. The van der Waals surface area contributed by atoms with Crippen LogP contribution in [0, 0.1) is 13.8 Å². The predicted molar refractivity (Wildman–Crippen MR) is 65.6 cm³/mol. The topological polar surface area (TPSA) is 104 Å². The van der Waals surface area contributed by atoms with Crippen molar-refractivity contribution in [3.63, 3.8) is 0 Å². The summed E-state index contributed by atoms with van der Waals surface area (Å²) in [4.78, 5) is 22.8. The van der Waals surface area contributed by atoms with Gasteiger partial charge in [-0.25, -0.2) is 9.59 Å². The molecule has 0 aromatic carbocycles. The molecule has 1 aliphatic carbocycles. The first kappa shape index (κ1) is 13.4. The number of rotatable bonds is 4. The van der Waals surface area contributed by atoms with Crippen molar-refractivity contribution < 1.29 is 19.2 Å². The lowest BCUT2D eigenvalue weighted by atomic mass is 9.77. The van der Waals surface area contributed by atoms with E-state index in [1.165, 1.54) is 0 Å². The molecule has 1 aromatic heterocycles. The van der Waals surface area contributed by atoms with Gasteiger partial charge in [0.25, 0.3) is 0 Å². The highest BCUT2D eigenvalue weighted by Crippen LogP contribution is 2.31. The zero-order chi connectivity index (χ0) is 14.0. The molecule has 0 atom stereocenters. The molecule has 2 amide bonds. The van der Waals surface area contributed by atoms with Crippen LogP contribution >= 0.6 is 0 Å². The molecular formula is C12H17N3O4. The van der Waals surface area contributed by atoms with Crippen LogP contribution < -0.4 is 10.6 Å². The second-order valence-electron chi connectivity index (χ2n) is 4.85. The fourth-order valence-electron chi connectivity index (χ4n) is 2.11. The molecule has 0 spiro atoms. The number of carbonyl (C=O) groups excluding carboxylic acids is 1. The number of urea groups is 1. The van der Waals surface area contributed by atoms with E-state index >= 15 is 0 Å². The highest BCUT2D eigenvalue weighted by Gasteiger charge is 2.45. The number of aromatic nitrogens is 1. The Kier molecular flexibility index (Phi) is 3.46. The van der Waals surface area contributed by atoms with E-state index in [-0.39, 0.29) is 6.54 Å². The van der Waals surface area contributed by atoms with Gasteiger partial charge in [-0.3, -0.25) is 0 Å². The zero-order valence-corrected chi connectivity index (χ0v) is 10.9. The summed E-state index contributed by atoms with van der Waals surface area (Å²) >= 11 is 0. The Morgan fingerprint density at radius 1 is 1.42 bits per heavy atom. The Morgan fingerprint density at radius 3 is 2.53 bits per heavy atom. The quantitative estimate of drug-likeness (QED) is 0.757. The number of amides is 2. The molecule has 7 nitrogen and oxygen atoms in total. The van der Waals surface area contributed by atoms with E-state index in [4.69, 9.17) is 9.63 Å². The Hall–Kier alpha value is -2.05. The minimum atomic E-state index is -1.09. The van der Waals surface area contributed by atoms with Gasteiger partial charge in [0.2, 0.25) is 0 Å². The molecule has 2 rings (SSSR count). The standard InChI is InChI=1S/C12H17N3O4/c1-7-9(8(2)19-15-7)6-13-11(18)14-12(10(16)17)4-3-5-12/h3-6H2,1-2H3,(H,16,17)(H2,13,14,18). The zero-order valence-electron chi connectivity index (χ0n) is 10.9. The molecule has 1 heterocycles. The molecule has 1 saturated carbocycles. The summed E-state index contributed by atoms with van der Waals surface area (Å²) in [5.74, 6) is -0.333. The fourth-order valence-corrected chi connectivity index (χ4v) is 2.11. The molecule has 1 fully saturated rings. The van der Waals surface area contributed by atoms with E-state index in [0.29, 0.717) is 18.6 Å². The van der Waals surface area contributed by atoms with Crippen molar-refractivity contribution in [1.29, 1.82) is 0 Å². The monoisotopic (exact) mass is 267 g/mol. The summed E-state index contributed by atoms with van der Waals surface area (Å²) in [7, 11) is 0. The van der Waals surface area contributed by atoms with E-state index in [1.807, 2.05) is 0 Å². The third-order valence-corrected chi connectivity index (χ3v) is 3.58. The minimum absolute atomic E-state index is 0.267. The molecule has 0 saturated heterocycles. The van der Waals surface area contributed by atoms with Crippen LogP contribution in [0.15, 0.2) is 4.52 Å². The number of nitrogens with one attached hydrogen (secondary N) is 2. The van der Waals surface area contributed by atoms with Gasteiger partial charge < -0.3 is 20.3 Å². The molecule has 7 heteroatoms. The normalized spacial score (nSPS) is 16.5. The molecule has 0 aliphatic heterocycles. The summed E-state index contributed by atoms with van der Waals surface area (Å²) in [6, 6.07) is -0.484. The van der Waals surface area contributed by atoms with E-state index in [9.17, 15) is 9.59 Å². The van der Waals surface area contributed by atoms with Gasteiger partial charge in [0, 0.05) is 12.1 Å². The van der Waals surface area contributed by atoms with Gasteiger partial charge in [0.15, 0.2) is 0 Å². The molecule has 104 valence electrons. The van der Waals surface area contributed by atoms with Crippen LogP contribution in [0.2, 0.25) is 0 Å². The Balaban J connectivity index is 1.90. The van der Waals surface area contributed by atoms with Crippen LogP contribution in [0.25, 0.3) is 0 Å². The molecule has 1 aromatic rings. The first-order chi connectivity index (χ1) is 8.94. The maximum atomic E-state index is 11.7. The molecule has 1 aliphatic rings. The van der Waals surface area contributed by atoms with Gasteiger partial charge in [-0.15, -0.1) is 0 Å². The van der Waals surface area contributed by atoms with Gasteiger partial charge in [0.05, 0.1) is 5.69 Å². The van der Waals surface area contributed by atoms with Crippen LogP contribution in [0.5, 0.6) is 0 Å². The van der Waals surface area contributed by atoms with Crippen LogP contribution in [0.3, 0.4) is 0 Å². The number of hydrogen-bond donors (Lipinski definition) is 3. The number of nitrogens with zero attached hydrogens (tertiary/aromatic N) is 1. The molecule has 3 N–H and O–H groups in total. The second-order valence-corrected chi connectivity index (χ2v) is 4.85. The average molecular weight is 267 g/mol. The van der Waals surface area contributed by atoms with E-state index in [1.54, 1.807) is 13.8 Å². The summed E-state index contributed by atoms with van der Waals surface area (Å²) in [6.45, 7) is 3.82. The van der Waals surface area contributed by atoms with Crippen molar-refractivity contribution in [3.05, 3.63) is 17.0 Å². The highest BCUT2D eigenvalue weighted by atomic mass is 16.5. The first-order valence-electron chi connectivity index (χ1n) is 6.16. The third-order valence-electron chi connectivity index (χ3n) is 3.58. The molecule has 19 heavy (non-hydrogen) atoms. The maximum Gasteiger partial charge on any atom is 0.329 e. The van der Waals surface area contributed by atoms with E-state index < -0.39 is 17.5 Å². The minimum Gasteiger partial charge on any atom is -0.480 e. The fraction of sp³-hybridized carbons (Fsp3) is 0.583. The highest BCUT2D eigenvalue weighted by molar-refractivity contribution is 5.87. The number of carboxylic acids is 1. The number of aliphatic carboxylic acids is 1. The lowest BCUT2D eigenvalue weighted by Gasteiger charge is -2.38. The Bertz CT molecular complexity index is 486. The van der Waals surface area contributed by atoms with Gasteiger partial charge in [0.1, 0.15) is 11.3 Å². The van der Waals surface area contributed by atoms with Crippen molar-refractivity contribution in [2.24, 2.45) is 0 Å². The van der Waals surface area contributed by atoms with Gasteiger partial charge in [-0.05, 0) is 33.1 Å². The van der Waals surface area contributed by atoms with Crippen molar-refractivity contribution in [1.82, 2.24) is 15.8 Å². The van der Waals surface area contributed by atoms with E-state index in [2.05, 4.69) is 15.8 Å². The molecule has 0 unspecified atom stereocenters. The van der Waals surface area contributed by atoms with Crippen molar-refractivity contribution in [2.75, 3.05) is 0 Å². The summed E-state index contributed by atoms with van der Waals surface area (Å²) in [5, 5.41) is 18.1. The largest absolute Gasteiger partial charge is 0.480 e. The lowest BCUT2D eigenvalue weighted by molar-refractivity contribution is -0.148. The second kappa shape index (κ2) is 4.91. The lowest BCUT2D eigenvalue weighted by Crippen LogP contribution is -2.61. The Labute approximate surface area is 110 Å². The SMILES string of the molecule is Cc1noc(C)c1CNC(=O)NC1(C(=O)O)CCC1. The summed E-state index contributed by atoms with van der Waals surface area (Å²) in [6.07, 6.45) is 1.76. The molecular weight excluding hydrogens is 250 g/mol. The van der Waals surface area contributed by atoms with Crippen molar-refractivity contribution in [3.8, 4) is 0 Å². The summed E-state index contributed by atoms with van der Waals surface area (Å²) < 4.78 is 4.98. The number of carboxylic acid groups (broad SMARTS) is 1. The van der Waals surface area contributed by atoms with Gasteiger partial charge in [-0.2, -0.15) is 0 Å². The third kappa shape index (κ3) is 2.54. The maximum absolute atomic E-state index is 11.7. The number of carbonyl (C=O) groups is 2. The Morgan fingerprint density at radius 2 is 2.11 bits per heavy atom. The van der Waals surface area contributed by atoms with Crippen molar-refractivity contribution in [2.45, 2.75) is 45.2 Å². The number of hydrogen-bond acceptors (Lipinski definition) is 4. The van der Waals surface area contributed by atoms with Crippen LogP contribution in [-0.4, -0.2) is 27.8 Å². The van der Waals surface area contributed by atoms with E-state index in [0.717, 1.165) is 17.7 Å². The van der Waals surface area contributed by atoms with Gasteiger partial charge in [-0.1, -0.05) is 5.16 Å². The predicted octanol–water partition coefficient (Wildman–Crippen LogP) is 1.10. The van der Waals surface area contributed by atoms with Crippen LogP contribution in [0.1, 0.15) is 36.3 Å². The van der Waals surface area contributed by atoms with Crippen LogP contribution in [0.4, 0.5) is 4.79 Å². The van der Waals surface area contributed by atoms with Crippen LogP contribution in [-0.2, 0) is 11.3 Å². The van der Waals surface area contributed by atoms with Crippen molar-refractivity contribution >= 4 is 12.0 Å². The molecule has 0 radical (unpaired) electrons. The summed E-state index contributed by atoms with van der Waals surface area (Å²) in [5.41, 5.74) is 0.436. The first-order valence-corrected chi connectivity index (χ1v) is 6.16. The smallest absolute Gasteiger partial charge is 0.329 e. The average Bonchev–Trinajstić information content (AvgIpc) is 2.61.